The average molecular weight is 323 g/mol. The Morgan fingerprint density at radius 2 is 1.79 bits per heavy atom. The Kier molecular flexibility index (Phi) is 4.93. The molecule has 0 amide bonds. The number of aryl methyl sites for hydroxylation is 1. The molecule has 2 nitrogen and oxygen atoms in total. The number of allylic oxidation sites excluding steroid dienone is 2. The largest absolute Gasteiger partial charge is 0.341 e. The third-order valence-corrected chi connectivity index (χ3v) is 5.61. The number of nitrogens with zero attached hydrogens (tertiary/aromatic N) is 1. The molecule has 1 aliphatic rings. The number of hydrogen-bond acceptors (Lipinski definition) is 1. The Bertz CT molecular complexity index is 788. The van der Waals surface area contributed by atoms with Crippen LogP contribution in [0.4, 0.5) is 0 Å². The zero-order valence-corrected chi connectivity index (χ0v) is 15.5. The normalized spacial score (nSPS) is 16.9. The standard InChI is InChI=1S/C22H29NO/c1-5-8-9-13-17-19(15(6-2)7-3)20-16-12-10-11-14-18(16)23(4)21(20)22(17)24/h10-12,14,17H,5-9,13H2,1-4H3. The molecule has 128 valence electrons. The van der Waals surface area contributed by atoms with Crippen molar-refractivity contribution in [2.45, 2.75) is 59.3 Å². The molecule has 1 heterocycles. The van der Waals surface area contributed by atoms with Crippen LogP contribution >= 0.6 is 0 Å². The zero-order valence-electron chi connectivity index (χ0n) is 15.5. The molecule has 0 radical (unpaired) electrons. The average Bonchev–Trinajstić information content (AvgIpc) is 3.05. The first kappa shape index (κ1) is 17.0. The molecule has 0 aliphatic heterocycles. The second-order valence-electron chi connectivity index (χ2n) is 6.94. The highest BCUT2D eigenvalue weighted by Gasteiger charge is 2.40. The van der Waals surface area contributed by atoms with Crippen molar-refractivity contribution in [3.63, 3.8) is 0 Å². The highest BCUT2D eigenvalue weighted by molar-refractivity contribution is 6.19. The molecule has 0 N–H and O–H groups in total. The fourth-order valence-corrected chi connectivity index (χ4v) is 4.35. The number of aromatic nitrogens is 1. The molecule has 1 unspecified atom stereocenters. The van der Waals surface area contributed by atoms with Crippen molar-refractivity contribution in [3.8, 4) is 0 Å². The van der Waals surface area contributed by atoms with Crippen LogP contribution in [0.2, 0.25) is 0 Å². The number of unbranched alkanes of at least 4 members (excludes halogenated alkanes) is 2. The van der Waals surface area contributed by atoms with Gasteiger partial charge in [0.05, 0.1) is 5.69 Å². The Hall–Kier alpha value is -1.83. The van der Waals surface area contributed by atoms with E-state index in [0.29, 0.717) is 5.78 Å². The fourth-order valence-electron chi connectivity index (χ4n) is 4.35. The minimum absolute atomic E-state index is 0.0762. The van der Waals surface area contributed by atoms with Crippen LogP contribution in [0, 0.1) is 5.92 Å². The van der Waals surface area contributed by atoms with Crippen molar-refractivity contribution in [1.82, 2.24) is 4.57 Å². The van der Waals surface area contributed by atoms with Gasteiger partial charge in [-0.2, -0.15) is 0 Å². The van der Waals surface area contributed by atoms with Crippen LogP contribution in [0.5, 0.6) is 0 Å². The molecule has 2 aromatic rings. The summed E-state index contributed by atoms with van der Waals surface area (Å²) in [5, 5.41) is 1.25. The molecule has 0 saturated carbocycles. The maximum Gasteiger partial charge on any atom is 0.187 e. The summed E-state index contributed by atoms with van der Waals surface area (Å²) in [6, 6.07) is 8.46. The second kappa shape index (κ2) is 6.96. The first-order chi connectivity index (χ1) is 11.7. The van der Waals surface area contributed by atoms with Gasteiger partial charge in [-0.1, -0.05) is 63.8 Å². The molecule has 0 saturated heterocycles. The molecule has 1 aliphatic carbocycles. The molecule has 0 bridgehead atoms. The number of benzene rings is 1. The van der Waals surface area contributed by atoms with Crippen LogP contribution < -0.4 is 0 Å². The number of rotatable bonds is 6. The number of hydrogen-bond donors (Lipinski definition) is 0. The van der Waals surface area contributed by atoms with Crippen molar-refractivity contribution >= 4 is 22.3 Å². The van der Waals surface area contributed by atoms with Crippen LogP contribution in [0.3, 0.4) is 0 Å². The lowest BCUT2D eigenvalue weighted by atomic mass is 9.87. The molecule has 1 aromatic carbocycles. The summed E-state index contributed by atoms with van der Waals surface area (Å²) in [6.07, 6.45) is 6.61. The van der Waals surface area contributed by atoms with E-state index in [1.165, 1.54) is 40.5 Å². The summed E-state index contributed by atoms with van der Waals surface area (Å²) in [4.78, 5) is 13.3. The topological polar surface area (TPSA) is 22.0 Å². The molecule has 2 heteroatoms. The van der Waals surface area contributed by atoms with E-state index in [4.69, 9.17) is 0 Å². The van der Waals surface area contributed by atoms with Crippen molar-refractivity contribution in [3.05, 3.63) is 41.1 Å². The lowest BCUT2D eigenvalue weighted by Gasteiger charge is -2.17. The summed E-state index contributed by atoms with van der Waals surface area (Å²) in [7, 11) is 2.04. The highest BCUT2D eigenvalue weighted by atomic mass is 16.1. The van der Waals surface area contributed by atoms with Gasteiger partial charge in [0, 0.05) is 29.4 Å². The smallest absolute Gasteiger partial charge is 0.187 e. The van der Waals surface area contributed by atoms with E-state index in [9.17, 15) is 4.79 Å². The van der Waals surface area contributed by atoms with Gasteiger partial charge in [0.15, 0.2) is 5.78 Å². The van der Waals surface area contributed by atoms with Crippen LogP contribution in [0.25, 0.3) is 16.5 Å². The van der Waals surface area contributed by atoms with Gasteiger partial charge >= 0.3 is 0 Å². The fraction of sp³-hybridized carbons (Fsp3) is 0.500. The van der Waals surface area contributed by atoms with Crippen LogP contribution in [0.1, 0.15) is 75.3 Å². The van der Waals surface area contributed by atoms with Gasteiger partial charge in [-0.05, 0) is 30.9 Å². The number of Topliss-reactive ketones (excluding diaryl/α,β-unsaturated/α-hetero) is 1. The maximum atomic E-state index is 13.3. The van der Waals surface area contributed by atoms with Crippen molar-refractivity contribution < 1.29 is 4.79 Å². The van der Waals surface area contributed by atoms with E-state index in [1.54, 1.807) is 0 Å². The third kappa shape index (κ3) is 2.53. The number of carbonyl (C=O) groups is 1. The van der Waals surface area contributed by atoms with E-state index in [2.05, 4.69) is 49.6 Å². The second-order valence-corrected chi connectivity index (χ2v) is 6.94. The van der Waals surface area contributed by atoms with E-state index in [-0.39, 0.29) is 5.92 Å². The van der Waals surface area contributed by atoms with Crippen molar-refractivity contribution in [2.75, 3.05) is 0 Å². The van der Waals surface area contributed by atoms with Crippen LogP contribution in [0.15, 0.2) is 29.8 Å². The molecule has 24 heavy (non-hydrogen) atoms. The van der Waals surface area contributed by atoms with Gasteiger partial charge in [-0.3, -0.25) is 4.79 Å². The lowest BCUT2D eigenvalue weighted by Crippen LogP contribution is -2.13. The van der Waals surface area contributed by atoms with Gasteiger partial charge in [0.2, 0.25) is 0 Å². The van der Waals surface area contributed by atoms with E-state index in [0.717, 1.165) is 31.4 Å². The summed E-state index contributed by atoms with van der Waals surface area (Å²) >= 11 is 0. The summed E-state index contributed by atoms with van der Waals surface area (Å²) in [5.74, 6) is 0.418. The lowest BCUT2D eigenvalue weighted by molar-refractivity contribution is 0.0945. The molecular weight excluding hydrogens is 294 g/mol. The number of ketones is 1. The van der Waals surface area contributed by atoms with Gasteiger partial charge in [-0.25, -0.2) is 0 Å². The van der Waals surface area contributed by atoms with Crippen molar-refractivity contribution in [2.24, 2.45) is 13.0 Å². The first-order valence-electron chi connectivity index (χ1n) is 9.49. The Morgan fingerprint density at radius 3 is 2.46 bits per heavy atom. The predicted molar refractivity (Wildman–Crippen MR) is 102 cm³/mol. The monoisotopic (exact) mass is 323 g/mol. The van der Waals surface area contributed by atoms with Gasteiger partial charge in [-0.15, -0.1) is 0 Å². The number of fused-ring (bicyclic) bond motifs is 3. The number of carbonyl (C=O) groups excluding carboxylic acids is 1. The molecule has 0 fully saturated rings. The van der Waals surface area contributed by atoms with E-state index >= 15 is 0 Å². The molecule has 3 rings (SSSR count). The van der Waals surface area contributed by atoms with Crippen molar-refractivity contribution in [1.29, 1.82) is 0 Å². The first-order valence-corrected chi connectivity index (χ1v) is 9.49. The third-order valence-electron chi connectivity index (χ3n) is 5.61. The number of para-hydroxylation sites is 1. The highest BCUT2D eigenvalue weighted by Crippen LogP contribution is 2.47. The van der Waals surface area contributed by atoms with E-state index in [1.807, 2.05) is 7.05 Å². The Labute approximate surface area is 145 Å². The summed E-state index contributed by atoms with van der Waals surface area (Å²) in [5.41, 5.74) is 6.16. The molecule has 1 atom stereocenters. The van der Waals surface area contributed by atoms with Crippen LogP contribution in [-0.2, 0) is 7.05 Å². The minimum Gasteiger partial charge on any atom is -0.341 e. The zero-order chi connectivity index (χ0) is 17.3. The minimum atomic E-state index is 0.0762. The van der Waals surface area contributed by atoms with Gasteiger partial charge in [0.1, 0.15) is 0 Å². The van der Waals surface area contributed by atoms with Gasteiger partial charge < -0.3 is 4.57 Å². The molecule has 1 aromatic heterocycles. The van der Waals surface area contributed by atoms with E-state index < -0.39 is 0 Å². The predicted octanol–water partition coefficient (Wildman–Crippen LogP) is 6.14. The summed E-state index contributed by atoms with van der Waals surface area (Å²) < 4.78 is 2.12. The quantitative estimate of drug-likeness (QED) is 0.585. The molecular formula is C22H29NO. The molecule has 0 spiro atoms. The van der Waals surface area contributed by atoms with Gasteiger partial charge in [0.25, 0.3) is 0 Å². The summed E-state index contributed by atoms with van der Waals surface area (Å²) in [6.45, 7) is 6.67. The maximum absolute atomic E-state index is 13.3. The Balaban J connectivity index is 2.21. The van der Waals surface area contributed by atoms with Crippen LogP contribution in [-0.4, -0.2) is 10.4 Å². The Morgan fingerprint density at radius 1 is 1.08 bits per heavy atom. The SMILES string of the molecule is CCCCCC1C(=O)c2c(c3ccccc3n2C)C1=C(CC)CC.